The van der Waals surface area contributed by atoms with Crippen LogP contribution in [-0.2, 0) is 0 Å². The second kappa shape index (κ2) is 6.92. The Bertz CT molecular complexity index is 1180. The van der Waals surface area contributed by atoms with Gasteiger partial charge in [-0.3, -0.25) is 0 Å². The molecule has 1 N–H and O–H groups in total. The molecule has 2 atom stereocenters. The number of nitrogens with one attached hydrogen (secondary N) is 1. The monoisotopic (exact) mass is 404 g/mol. The topological polar surface area (TPSA) is 49.7 Å². The Kier molecular flexibility index (Phi) is 4.36. The van der Waals surface area contributed by atoms with E-state index in [2.05, 4.69) is 41.0 Å². The molecule has 3 heterocycles. The van der Waals surface area contributed by atoms with Gasteiger partial charge in [-0.1, -0.05) is 18.5 Å². The molecule has 0 saturated carbocycles. The van der Waals surface area contributed by atoms with Gasteiger partial charge in [-0.2, -0.15) is 5.10 Å². The standard InChI is InChI=1S/C23H23ClN5/c1-14-5-8-19(29-11-4-10-25-29)20(13-14)28-12-9-15(2)22(28)23-26-18-7-6-17(24)16(3)21(18)27-23/h4-7,10-11,13,15,22H,9,12H2,1-3H3,(H,26,27)/t15-,22-/m0/s1. The zero-order valence-corrected chi connectivity index (χ0v) is 17.5. The SMILES string of the molecule is Cc1c[c]c(-n2cccn2)c(N2CC[C@H](C)[C@H]2c2nc3c(C)c(Cl)ccc3[nH]2)c1. The van der Waals surface area contributed by atoms with Crippen molar-refractivity contribution in [3.63, 3.8) is 0 Å². The first-order chi connectivity index (χ1) is 14.0. The highest BCUT2D eigenvalue weighted by molar-refractivity contribution is 6.32. The van der Waals surface area contributed by atoms with Gasteiger partial charge < -0.3 is 9.88 Å². The number of aryl methyl sites for hydroxylation is 2. The second-order valence-electron chi connectivity index (χ2n) is 7.96. The van der Waals surface area contributed by atoms with Gasteiger partial charge in [0.1, 0.15) is 5.82 Å². The summed E-state index contributed by atoms with van der Waals surface area (Å²) in [7, 11) is 0. The molecule has 0 spiro atoms. The van der Waals surface area contributed by atoms with E-state index in [0.29, 0.717) is 5.92 Å². The summed E-state index contributed by atoms with van der Waals surface area (Å²) in [6, 6.07) is 13.7. The highest BCUT2D eigenvalue weighted by atomic mass is 35.5. The maximum Gasteiger partial charge on any atom is 0.130 e. The van der Waals surface area contributed by atoms with Crippen LogP contribution in [0, 0.1) is 25.8 Å². The van der Waals surface area contributed by atoms with Crippen molar-refractivity contribution in [3.8, 4) is 5.69 Å². The van der Waals surface area contributed by atoms with Gasteiger partial charge in [0, 0.05) is 30.0 Å². The molecule has 0 bridgehead atoms. The van der Waals surface area contributed by atoms with Gasteiger partial charge in [0.15, 0.2) is 0 Å². The number of rotatable bonds is 3. The van der Waals surface area contributed by atoms with Crippen LogP contribution < -0.4 is 4.90 Å². The molecule has 147 valence electrons. The molecule has 2 aromatic heterocycles. The van der Waals surface area contributed by atoms with Crippen LogP contribution in [0.5, 0.6) is 0 Å². The molecular formula is C23H23ClN5. The molecule has 1 radical (unpaired) electrons. The largest absolute Gasteiger partial charge is 0.359 e. The van der Waals surface area contributed by atoms with Crippen molar-refractivity contribution in [2.75, 3.05) is 11.4 Å². The molecule has 1 aliphatic heterocycles. The number of H-pyrrole nitrogens is 1. The number of halogens is 1. The summed E-state index contributed by atoms with van der Waals surface area (Å²) >= 11 is 6.33. The summed E-state index contributed by atoms with van der Waals surface area (Å²) in [5.41, 5.74) is 6.29. The maximum atomic E-state index is 6.33. The lowest BCUT2D eigenvalue weighted by Crippen LogP contribution is -2.27. The average molecular weight is 405 g/mol. The third-order valence-corrected chi connectivity index (χ3v) is 6.34. The fourth-order valence-electron chi connectivity index (χ4n) is 4.37. The quantitative estimate of drug-likeness (QED) is 0.497. The van der Waals surface area contributed by atoms with E-state index in [1.54, 1.807) is 6.20 Å². The van der Waals surface area contributed by atoms with E-state index in [4.69, 9.17) is 16.6 Å². The minimum absolute atomic E-state index is 0.157. The maximum absolute atomic E-state index is 6.33. The van der Waals surface area contributed by atoms with Gasteiger partial charge in [-0.15, -0.1) is 0 Å². The number of aromatic nitrogens is 4. The molecule has 5 nitrogen and oxygen atoms in total. The van der Waals surface area contributed by atoms with E-state index >= 15 is 0 Å². The van der Waals surface area contributed by atoms with Gasteiger partial charge in [0.05, 0.1) is 28.5 Å². The molecule has 6 heteroatoms. The molecule has 5 rings (SSSR count). The average Bonchev–Trinajstić information content (AvgIpc) is 3.44. The number of hydrogen-bond acceptors (Lipinski definition) is 3. The molecule has 29 heavy (non-hydrogen) atoms. The fraction of sp³-hybridized carbons (Fsp3) is 0.304. The van der Waals surface area contributed by atoms with Crippen LogP contribution in [0.2, 0.25) is 5.02 Å². The van der Waals surface area contributed by atoms with Crippen molar-refractivity contribution >= 4 is 28.3 Å². The van der Waals surface area contributed by atoms with Crippen LogP contribution in [0.1, 0.15) is 36.3 Å². The summed E-state index contributed by atoms with van der Waals surface area (Å²) in [6.07, 6.45) is 4.87. The Balaban J connectivity index is 1.64. The van der Waals surface area contributed by atoms with E-state index in [0.717, 1.165) is 51.8 Å². The molecule has 2 aromatic carbocycles. The Morgan fingerprint density at radius 1 is 1.28 bits per heavy atom. The zero-order chi connectivity index (χ0) is 20.1. The predicted molar refractivity (Wildman–Crippen MR) is 117 cm³/mol. The zero-order valence-electron chi connectivity index (χ0n) is 16.8. The normalized spacial score (nSPS) is 19.4. The van der Waals surface area contributed by atoms with Crippen LogP contribution in [0.3, 0.4) is 0 Å². The first-order valence-corrected chi connectivity index (χ1v) is 10.3. The minimum atomic E-state index is 0.157. The lowest BCUT2D eigenvalue weighted by molar-refractivity contribution is 0.513. The van der Waals surface area contributed by atoms with Gasteiger partial charge in [0.25, 0.3) is 0 Å². The van der Waals surface area contributed by atoms with Crippen molar-refractivity contribution < 1.29 is 0 Å². The summed E-state index contributed by atoms with van der Waals surface area (Å²) < 4.78 is 1.89. The summed E-state index contributed by atoms with van der Waals surface area (Å²) in [5.74, 6) is 1.46. The van der Waals surface area contributed by atoms with Crippen LogP contribution in [0.25, 0.3) is 16.7 Å². The second-order valence-corrected chi connectivity index (χ2v) is 8.36. The Morgan fingerprint density at radius 2 is 2.14 bits per heavy atom. The predicted octanol–water partition coefficient (Wildman–Crippen LogP) is 5.41. The number of aromatic amines is 1. The molecule has 1 fully saturated rings. The summed E-state index contributed by atoms with van der Waals surface area (Å²) in [4.78, 5) is 11.0. The van der Waals surface area contributed by atoms with E-state index < -0.39 is 0 Å². The third kappa shape index (κ3) is 3.01. The van der Waals surface area contributed by atoms with Crippen LogP contribution >= 0.6 is 11.6 Å². The van der Waals surface area contributed by atoms with Crippen molar-refractivity contribution in [2.24, 2.45) is 5.92 Å². The summed E-state index contributed by atoms with van der Waals surface area (Å²) in [5, 5.41) is 5.19. The molecular weight excluding hydrogens is 382 g/mol. The lowest BCUT2D eigenvalue weighted by atomic mass is 10.0. The molecule has 1 aliphatic rings. The minimum Gasteiger partial charge on any atom is -0.359 e. The van der Waals surface area contributed by atoms with Gasteiger partial charge in [-0.25, -0.2) is 9.67 Å². The Hall–Kier alpha value is -2.79. The van der Waals surface area contributed by atoms with E-state index in [1.807, 2.05) is 42.1 Å². The van der Waals surface area contributed by atoms with Gasteiger partial charge in [-0.05, 0) is 67.6 Å². The summed E-state index contributed by atoms with van der Waals surface area (Å²) in [6.45, 7) is 7.39. The van der Waals surface area contributed by atoms with Crippen LogP contribution in [0.4, 0.5) is 5.69 Å². The van der Waals surface area contributed by atoms with Crippen LogP contribution in [-0.4, -0.2) is 26.3 Å². The van der Waals surface area contributed by atoms with Gasteiger partial charge >= 0.3 is 0 Å². The molecule has 0 amide bonds. The van der Waals surface area contributed by atoms with Crippen molar-refractivity contribution in [1.82, 2.24) is 19.7 Å². The van der Waals surface area contributed by atoms with Crippen molar-refractivity contribution in [3.05, 3.63) is 70.8 Å². The van der Waals surface area contributed by atoms with E-state index in [-0.39, 0.29) is 6.04 Å². The Labute approximate surface area is 175 Å². The fourth-order valence-corrected chi connectivity index (χ4v) is 4.52. The van der Waals surface area contributed by atoms with E-state index in [9.17, 15) is 0 Å². The van der Waals surface area contributed by atoms with E-state index in [1.165, 1.54) is 5.56 Å². The number of hydrogen-bond donors (Lipinski definition) is 1. The highest BCUT2D eigenvalue weighted by Gasteiger charge is 2.36. The van der Waals surface area contributed by atoms with Crippen molar-refractivity contribution in [2.45, 2.75) is 33.2 Å². The number of fused-ring (bicyclic) bond motifs is 1. The third-order valence-electron chi connectivity index (χ3n) is 5.93. The molecule has 4 aromatic rings. The molecule has 0 unspecified atom stereocenters. The highest BCUT2D eigenvalue weighted by Crippen LogP contribution is 2.42. The first-order valence-electron chi connectivity index (χ1n) is 9.96. The molecule has 1 saturated heterocycles. The number of imidazole rings is 1. The Morgan fingerprint density at radius 3 is 2.93 bits per heavy atom. The van der Waals surface area contributed by atoms with Crippen LogP contribution in [0.15, 0.2) is 42.7 Å². The van der Waals surface area contributed by atoms with Gasteiger partial charge in [0.2, 0.25) is 0 Å². The number of nitrogens with zero attached hydrogens (tertiary/aromatic N) is 4. The number of benzene rings is 2. The molecule has 0 aliphatic carbocycles. The lowest BCUT2D eigenvalue weighted by Gasteiger charge is -2.29. The van der Waals surface area contributed by atoms with Crippen molar-refractivity contribution in [1.29, 1.82) is 0 Å². The smallest absolute Gasteiger partial charge is 0.130 e. The number of anilines is 1. The first kappa shape index (κ1) is 18.3.